The van der Waals surface area contributed by atoms with Crippen LogP contribution in [-0.4, -0.2) is 7.11 Å². The van der Waals surface area contributed by atoms with Gasteiger partial charge in [-0.1, -0.05) is 36.4 Å². The second kappa shape index (κ2) is 6.97. The zero-order valence-corrected chi connectivity index (χ0v) is 11.0. The number of hydrogen-bond acceptors (Lipinski definition) is 1. The van der Waals surface area contributed by atoms with Crippen molar-refractivity contribution in [1.29, 1.82) is 0 Å². The maximum Gasteiger partial charge on any atom is 0.118 e. The summed E-state index contributed by atoms with van der Waals surface area (Å²) < 4.78 is 5.21. The van der Waals surface area contributed by atoms with Crippen LogP contribution in [0.1, 0.15) is 12.5 Å². The normalized spacial score (nSPS) is 11.8. The highest BCUT2D eigenvalue weighted by Gasteiger charge is 1.97. The molecule has 1 rings (SSSR count). The lowest BCUT2D eigenvalue weighted by Crippen LogP contribution is -1.89. The van der Waals surface area contributed by atoms with E-state index in [9.17, 15) is 0 Å². The second-order valence-corrected chi connectivity index (χ2v) is 4.15. The van der Waals surface area contributed by atoms with Crippen molar-refractivity contribution in [2.75, 3.05) is 7.11 Å². The molecule has 1 nitrogen and oxygen atoms in total. The van der Waals surface area contributed by atoms with Crippen molar-refractivity contribution in [2.45, 2.75) is 13.3 Å². The predicted molar refractivity (Wildman–Crippen MR) is 74.2 cm³/mol. The highest BCUT2D eigenvalue weighted by atomic mass is 35.5. The van der Waals surface area contributed by atoms with Crippen LogP contribution in [0.3, 0.4) is 0 Å². The third-order valence-corrected chi connectivity index (χ3v) is 2.51. The summed E-state index contributed by atoms with van der Waals surface area (Å²) in [5.74, 6) is 0.812. The van der Waals surface area contributed by atoms with Gasteiger partial charge >= 0.3 is 0 Å². The van der Waals surface area contributed by atoms with Crippen molar-refractivity contribution in [3.8, 4) is 0 Å². The molecule has 0 radical (unpaired) electrons. The molecule has 17 heavy (non-hydrogen) atoms. The van der Waals surface area contributed by atoms with Crippen LogP contribution < -0.4 is 0 Å². The summed E-state index contributed by atoms with van der Waals surface area (Å²) >= 11 is 5.83. The highest BCUT2D eigenvalue weighted by Crippen LogP contribution is 2.14. The molecule has 0 aliphatic carbocycles. The largest absolute Gasteiger partial charge is 0.497 e. The molecule has 0 heterocycles. The van der Waals surface area contributed by atoms with Crippen LogP contribution in [0.25, 0.3) is 0 Å². The average Bonchev–Trinajstić information content (AvgIpc) is 2.31. The molecule has 0 N–H and O–H groups in total. The third kappa shape index (κ3) is 4.92. The van der Waals surface area contributed by atoms with Crippen LogP contribution in [0.5, 0.6) is 0 Å². The number of rotatable bonds is 5. The van der Waals surface area contributed by atoms with Gasteiger partial charge in [-0.15, -0.1) is 0 Å². The molecular weight excluding hydrogens is 232 g/mol. The molecule has 0 fully saturated rings. The Morgan fingerprint density at radius 2 is 2.00 bits per heavy atom. The molecule has 0 atom stereocenters. The Morgan fingerprint density at radius 1 is 1.35 bits per heavy atom. The molecule has 0 amide bonds. The Hall–Kier alpha value is -1.47. The number of benzene rings is 1. The predicted octanol–water partition coefficient (Wildman–Crippen LogP) is 4.55. The van der Waals surface area contributed by atoms with Crippen molar-refractivity contribution in [3.05, 3.63) is 71.0 Å². The Kier molecular flexibility index (Phi) is 5.58. The SMILES string of the molecule is C=C(C=C(C=CC)OC)Cc1ccc(Cl)cc1. The van der Waals surface area contributed by atoms with Gasteiger partial charge in [-0.05, 0) is 48.8 Å². The molecule has 0 saturated heterocycles. The van der Waals surface area contributed by atoms with Crippen molar-refractivity contribution in [1.82, 2.24) is 0 Å². The lowest BCUT2D eigenvalue weighted by molar-refractivity contribution is 0.306. The number of hydrogen-bond donors (Lipinski definition) is 0. The highest BCUT2D eigenvalue weighted by molar-refractivity contribution is 6.30. The summed E-state index contributed by atoms with van der Waals surface area (Å²) in [6.45, 7) is 5.97. The van der Waals surface area contributed by atoms with Crippen LogP contribution >= 0.6 is 11.6 Å². The van der Waals surface area contributed by atoms with Gasteiger partial charge in [0.05, 0.1) is 7.11 Å². The summed E-state index contributed by atoms with van der Waals surface area (Å²) in [6.07, 6.45) is 6.58. The molecule has 0 saturated carbocycles. The van der Waals surface area contributed by atoms with E-state index in [4.69, 9.17) is 16.3 Å². The molecule has 0 aliphatic heterocycles. The molecular formula is C15H17ClO. The van der Waals surface area contributed by atoms with Gasteiger partial charge in [0.1, 0.15) is 5.76 Å². The first-order chi connectivity index (χ1) is 8.15. The van der Waals surface area contributed by atoms with Crippen molar-refractivity contribution in [3.63, 3.8) is 0 Å². The van der Waals surface area contributed by atoms with Crippen molar-refractivity contribution in [2.24, 2.45) is 0 Å². The minimum absolute atomic E-state index is 0.751. The fourth-order valence-electron chi connectivity index (χ4n) is 1.46. The standard InChI is InChI=1S/C15H17ClO/c1-4-5-15(17-3)11-12(2)10-13-6-8-14(16)9-7-13/h4-9,11H,2,10H2,1,3H3. The van der Waals surface area contributed by atoms with E-state index in [1.165, 1.54) is 5.56 Å². The molecule has 0 spiro atoms. The fourth-order valence-corrected chi connectivity index (χ4v) is 1.58. The van der Waals surface area contributed by atoms with E-state index >= 15 is 0 Å². The van der Waals surface area contributed by atoms with Gasteiger partial charge in [-0.3, -0.25) is 0 Å². The van der Waals surface area contributed by atoms with E-state index in [0.29, 0.717) is 0 Å². The monoisotopic (exact) mass is 248 g/mol. The van der Waals surface area contributed by atoms with Crippen LogP contribution in [0.2, 0.25) is 5.02 Å². The average molecular weight is 249 g/mol. The lowest BCUT2D eigenvalue weighted by atomic mass is 10.1. The van der Waals surface area contributed by atoms with Crippen LogP contribution in [0.15, 0.2) is 60.4 Å². The second-order valence-electron chi connectivity index (χ2n) is 3.71. The van der Waals surface area contributed by atoms with E-state index in [1.54, 1.807) is 7.11 Å². The zero-order chi connectivity index (χ0) is 12.7. The summed E-state index contributed by atoms with van der Waals surface area (Å²) in [7, 11) is 1.65. The van der Waals surface area contributed by atoms with E-state index in [1.807, 2.05) is 49.4 Å². The first-order valence-electron chi connectivity index (χ1n) is 5.46. The summed E-state index contributed by atoms with van der Waals surface area (Å²) in [6, 6.07) is 7.78. The first-order valence-corrected chi connectivity index (χ1v) is 5.84. The van der Waals surface area contributed by atoms with Gasteiger partial charge in [0.2, 0.25) is 0 Å². The molecule has 90 valence electrons. The van der Waals surface area contributed by atoms with Crippen LogP contribution in [0, 0.1) is 0 Å². The molecule has 2 heteroatoms. The summed E-state index contributed by atoms with van der Waals surface area (Å²) in [4.78, 5) is 0. The smallest absolute Gasteiger partial charge is 0.118 e. The topological polar surface area (TPSA) is 9.23 Å². The first kappa shape index (κ1) is 13.6. The van der Waals surface area contributed by atoms with E-state index in [2.05, 4.69) is 6.58 Å². The minimum atomic E-state index is 0.751. The Balaban J connectivity index is 2.69. The maximum atomic E-state index is 5.83. The van der Waals surface area contributed by atoms with Gasteiger partial charge in [0, 0.05) is 5.02 Å². The van der Waals surface area contributed by atoms with Gasteiger partial charge in [0.15, 0.2) is 0 Å². The van der Waals surface area contributed by atoms with E-state index in [-0.39, 0.29) is 0 Å². The molecule has 1 aromatic rings. The fraction of sp³-hybridized carbons (Fsp3) is 0.200. The van der Waals surface area contributed by atoms with Crippen molar-refractivity contribution >= 4 is 11.6 Å². The summed E-state index contributed by atoms with van der Waals surface area (Å²) in [5.41, 5.74) is 2.19. The molecule has 0 aromatic heterocycles. The quantitative estimate of drug-likeness (QED) is 0.549. The van der Waals surface area contributed by atoms with Gasteiger partial charge < -0.3 is 4.74 Å². The zero-order valence-electron chi connectivity index (χ0n) is 10.2. The van der Waals surface area contributed by atoms with E-state index < -0.39 is 0 Å². The number of halogens is 1. The Morgan fingerprint density at radius 3 is 2.53 bits per heavy atom. The number of allylic oxidation sites excluding steroid dienone is 4. The minimum Gasteiger partial charge on any atom is -0.497 e. The number of ether oxygens (including phenoxy) is 1. The molecule has 0 unspecified atom stereocenters. The van der Waals surface area contributed by atoms with Gasteiger partial charge in [-0.25, -0.2) is 0 Å². The lowest BCUT2D eigenvalue weighted by Gasteiger charge is -2.04. The maximum absolute atomic E-state index is 5.83. The van der Waals surface area contributed by atoms with Crippen LogP contribution in [-0.2, 0) is 11.2 Å². The Labute approximate surface area is 108 Å². The third-order valence-electron chi connectivity index (χ3n) is 2.26. The summed E-state index contributed by atoms with van der Waals surface area (Å²) in [5, 5.41) is 0.751. The number of methoxy groups -OCH3 is 1. The molecule has 1 aromatic carbocycles. The van der Waals surface area contributed by atoms with Crippen molar-refractivity contribution < 1.29 is 4.74 Å². The van der Waals surface area contributed by atoms with Gasteiger partial charge in [-0.2, -0.15) is 0 Å². The molecule has 0 aliphatic rings. The van der Waals surface area contributed by atoms with Crippen LogP contribution in [0.4, 0.5) is 0 Å². The van der Waals surface area contributed by atoms with Gasteiger partial charge in [0.25, 0.3) is 0 Å². The Bertz CT molecular complexity index is 427. The van der Waals surface area contributed by atoms with E-state index in [0.717, 1.165) is 22.8 Å². The molecule has 0 bridgehead atoms.